The number of hydrogen-bond donors (Lipinski definition) is 3. The number of anilines is 1. The summed E-state index contributed by atoms with van der Waals surface area (Å²) in [6.45, 7) is 1.86. The Morgan fingerprint density at radius 1 is 0.917 bits per heavy atom. The Morgan fingerprint density at radius 3 is 2.25 bits per heavy atom. The number of hydrazone groups is 1. The van der Waals surface area contributed by atoms with E-state index in [-0.39, 0.29) is 12.2 Å². The maximum absolute atomic E-state index is 12.1. The fraction of sp³-hybridized carbons (Fsp3) is 0.120. The van der Waals surface area contributed by atoms with Gasteiger partial charge >= 0.3 is 11.8 Å². The Balaban J connectivity index is 1.62. The summed E-state index contributed by atoms with van der Waals surface area (Å²) in [4.78, 5) is 35.4. The Bertz CT molecular complexity index is 1330. The van der Waals surface area contributed by atoms with Crippen LogP contribution in [-0.2, 0) is 16.2 Å². The van der Waals surface area contributed by atoms with Gasteiger partial charge < -0.3 is 20.5 Å². The molecule has 186 valence electrons. The van der Waals surface area contributed by atoms with E-state index in [0.717, 1.165) is 5.56 Å². The molecule has 4 N–H and O–H groups in total. The van der Waals surface area contributed by atoms with Gasteiger partial charge in [0.25, 0.3) is 0 Å². The molecule has 0 spiro atoms. The molecule has 0 atom stereocenters. The number of carbonyl (C=O) groups is 3. The number of ether oxygens (including phenoxy) is 2. The van der Waals surface area contributed by atoms with Gasteiger partial charge in [0, 0.05) is 32.4 Å². The monoisotopic (exact) mass is 528 g/mol. The standard InChI is InChI=1S/C25H22Cl2N4O5/c1-14(30-31-25(34)24(33)29-19-8-4-15(5-9-19)23(28)32)16-6-10-21(22(11-16)35-2)36-13-17-3-7-18(26)12-20(17)27/h3-12H,13H2,1-2H3,(H2,28,32)(H,29,33)(H,31,34). The molecule has 36 heavy (non-hydrogen) atoms. The molecular weight excluding hydrogens is 507 g/mol. The predicted octanol–water partition coefficient (Wildman–Crippen LogP) is 4.16. The summed E-state index contributed by atoms with van der Waals surface area (Å²) in [5.74, 6) is -1.58. The summed E-state index contributed by atoms with van der Waals surface area (Å²) in [5, 5.41) is 7.41. The number of rotatable bonds is 8. The van der Waals surface area contributed by atoms with Crippen LogP contribution in [0.15, 0.2) is 65.8 Å². The third kappa shape index (κ3) is 6.97. The summed E-state index contributed by atoms with van der Waals surface area (Å²) in [5.41, 5.74) is 9.79. The number of benzene rings is 3. The molecule has 0 radical (unpaired) electrons. The van der Waals surface area contributed by atoms with Gasteiger partial charge in [-0.2, -0.15) is 5.10 Å². The van der Waals surface area contributed by atoms with Gasteiger partial charge in [-0.25, -0.2) is 5.43 Å². The zero-order valence-electron chi connectivity index (χ0n) is 19.3. The molecule has 3 amide bonds. The first kappa shape index (κ1) is 26.5. The average molecular weight is 529 g/mol. The van der Waals surface area contributed by atoms with Crippen LogP contribution in [0.4, 0.5) is 5.69 Å². The summed E-state index contributed by atoms with van der Waals surface area (Å²) < 4.78 is 11.2. The Hall–Kier alpha value is -4.08. The zero-order chi connectivity index (χ0) is 26.2. The quantitative estimate of drug-likeness (QED) is 0.229. The van der Waals surface area contributed by atoms with Crippen LogP contribution in [0.2, 0.25) is 10.0 Å². The van der Waals surface area contributed by atoms with E-state index in [2.05, 4.69) is 15.8 Å². The molecule has 0 aromatic heterocycles. The van der Waals surface area contributed by atoms with Gasteiger partial charge in [0.05, 0.1) is 12.8 Å². The molecule has 0 unspecified atom stereocenters. The second kappa shape index (κ2) is 12.1. The number of halogens is 2. The fourth-order valence-corrected chi connectivity index (χ4v) is 3.42. The second-order valence-electron chi connectivity index (χ2n) is 7.42. The molecule has 11 heteroatoms. The number of methoxy groups -OCH3 is 1. The molecule has 3 rings (SSSR count). The summed E-state index contributed by atoms with van der Waals surface area (Å²) in [6, 6.07) is 16.0. The predicted molar refractivity (Wildman–Crippen MR) is 138 cm³/mol. The minimum atomic E-state index is -0.972. The van der Waals surface area contributed by atoms with Crippen LogP contribution < -0.4 is 25.9 Å². The van der Waals surface area contributed by atoms with Crippen molar-refractivity contribution < 1.29 is 23.9 Å². The van der Waals surface area contributed by atoms with Crippen LogP contribution in [0.25, 0.3) is 0 Å². The summed E-state index contributed by atoms with van der Waals surface area (Å²) >= 11 is 12.1. The van der Waals surface area contributed by atoms with Crippen LogP contribution in [-0.4, -0.2) is 30.5 Å². The first-order chi connectivity index (χ1) is 17.2. The van der Waals surface area contributed by atoms with Gasteiger partial charge in [0.2, 0.25) is 5.91 Å². The summed E-state index contributed by atoms with van der Waals surface area (Å²) in [7, 11) is 1.50. The van der Waals surface area contributed by atoms with Crippen LogP contribution in [0.3, 0.4) is 0 Å². The smallest absolute Gasteiger partial charge is 0.329 e. The van der Waals surface area contributed by atoms with Gasteiger partial charge in [-0.05, 0) is 61.5 Å². The first-order valence-electron chi connectivity index (χ1n) is 10.5. The third-order valence-electron chi connectivity index (χ3n) is 4.94. The zero-order valence-corrected chi connectivity index (χ0v) is 20.8. The van der Waals surface area contributed by atoms with E-state index in [0.29, 0.717) is 38.5 Å². The van der Waals surface area contributed by atoms with E-state index >= 15 is 0 Å². The lowest BCUT2D eigenvalue weighted by Crippen LogP contribution is -2.33. The molecule has 0 bridgehead atoms. The third-order valence-corrected chi connectivity index (χ3v) is 5.53. The van der Waals surface area contributed by atoms with Crippen molar-refractivity contribution in [1.82, 2.24) is 5.43 Å². The molecule has 0 saturated heterocycles. The molecule has 9 nitrogen and oxygen atoms in total. The summed E-state index contributed by atoms with van der Waals surface area (Å²) in [6.07, 6.45) is 0. The molecule has 0 aliphatic carbocycles. The van der Waals surface area contributed by atoms with Crippen molar-refractivity contribution in [2.75, 3.05) is 12.4 Å². The highest BCUT2D eigenvalue weighted by Crippen LogP contribution is 2.30. The maximum atomic E-state index is 12.1. The van der Waals surface area contributed by atoms with Crippen molar-refractivity contribution in [3.63, 3.8) is 0 Å². The lowest BCUT2D eigenvalue weighted by Gasteiger charge is -2.13. The number of amides is 3. The van der Waals surface area contributed by atoms with Gasteiger partial charge in [-0.1, -0.05) is 29.3 Å². The van der Waals surface area contributed by atoms with Gasteiger partial charge in [-0.15, -0.1) is 0 Å². The van der Waals surface area contributed by atoms with E-state index in [4.69, 9.17) is 38.4 Å². The topological polar surface area (TPSA) is 132 Å². The van der Waals surface area contributed by atoms with E-state index in [9.17, 15) is 14.4 Å². The highest BCUT2D eigenvalue weighted by molar-refractivity contribution is 6.39. The Kier molecular flexibility index (Phi) is 8.88. The van der Waals surface area contributed by atoms with Crippen molar-refractivity contribution in [3.05, 3.63) is 87.4 Å². The van der Waals surface area contributed by atoms with Crippen molar-refractivity contribution in [2.24, 2.45) is 10.8 Å². The number of primary amides is 1. The van der Waals surface area contributed by atoms with Crippen LogP contribution >= 0.6 is 23.2 Å². The highest BCUT2D eigenvalue weighted by Gasteiger charge is 2.14. The molecule has 0 aliphatic heterocycles. The number of carbonyl (C=O) groups excluding carboxylic acids is 3. The molecular formula is C25H22Cl2N4O5. The normalized spacial score (nSPS) is 10.9. The van der Waals surface area contributed by atoms with E-state index in [1.807, 2.05) is 0 Å². The number of nitrogens with zero attached hydrogens (tertiary/aromatic N) is 1. The minimum Gasteiger partial charge on any atom is -0.493 e. The van der Waals surface area contributed by atoms with Crippen molar-refractivity contribution in [3.8, 4) is 11.5 Å². The Morgan fingerprint density at radius 2 is 1.61 bits per heavy atom. The minimum absolute atomic E-state index is 0.204. The average Bonchev–Trinajstić information content (AvgIpc) is 2.86. The number of nitrogens with two attached hydrogens (primary N) is 1. The largest absolute Gasteiger partial charge is 0.493 e. The molecule has 3 aromatic rings. The number of hydrogen-bond acceptors (Lipinski definition) is 6. The van der Waals surface area contributed by atoms with Gasteiger partial charge in [0.1, 0.15) is 6.61 Å². The highest BCUT2D eigenvalue weighted by atomic mass is 35.5. The SMILES string of the molecule is COc1cc(C(C)=NNC(=O)C(=O)Nc2ccc(C(N)=O)cc2)ccc1OCc1ccc(Cl)cc1Cl. The van der Waals surface area contributed by atoms with E-state index in [1.165, 1.54) is 31.4 Å². The molecule has 0 aliphatic rings. The van der Waals surface area contributed by atoms with Crippen molar-refractivity contribution in [2.45, 2.75) is 13.5 Å². The molecule has 3 aromatic carbocycles. The molecule has 0 heterocycles. The lowest BCUT2D eigenvalue weighted by atomic mass is 10.1. The molecule has 0 fully saturated rings. The lowest BCUT2D eigenvalue weighted by molar-refractivity contribution is -0.136. The maximum Gasteiger partial charge on any atom is 0.329 e. The van der Waals surface area contributed by atoms with Crippen LogP contribution in [0, 0.1) is 0 Å². The fourth-order valence-electron chi connectivity index (χ4n) is 2.96. The molecule has 0 saturated carbocycles. The van der Waals surface area contributed by atoms with Crippen LogP contribution in [0.5, 0.6) is 11.5 Å². The van der Waals surface area contributed by atoms with E-state index in [1.54, 1.807) is 43.3 Å². The van der Waals surface area contributed by atoms with Gasteiger partial charge in [-0.3, -0.25) is 14.4 Å². The van der Waals surface area contributed by atoms with Crippen molar-refractivity contribution in [1.29, 1.82) is 0 Å². The second-order valence-corrected chi connectivity index (χ2v) is 8.27. The van der Waals surface area contributed by atoms with E-state index < -0.39 is 17.7 Å². The van der Waals surface area contributed by atoms with Crippen molar-refractivity contribution >= 4 is 52.3 Å². The van der Waals surface area contributed by atoms with Crippen LogP contribution in [0.1, 0.15) is 28.4 Å². The Labute approximate surface area is 217 Å². The van der Waals surface area contributed by atoms with Gasteiger partial charge in [0.15, 0.2) is 11.5 Å². The first-order valence-corrected chi connectivity index (χ1v) is 11.2. The number of nitrogens with one attached hydrogen (secondary N) is 2.